The highest BCUT2D eigenvalue weighted by Crippen LogP contribution is 2.09. The number of benzene rings is 1. The number of hydrogen-bond donors (Lipinski definition) is 2. The number of unbranched alkanes of at least 4 members (excludes halogenated alkanes) is 1. The van der Waals surface area contributed by atoms with Gasteiger partial charge < -0.3 is 19.9 Å². The van der Waals surface area contributed by atoms with E-state index in [1.165, 1.54) is 5.56 Å². The molecule has 0 aromatic heterocycles. The molecule has 0 aliphatic carbocycles. The largest absolute Gasteiger partial charge is 0.508 e. The van der Waals surface area contributed by atoms with E-state index in [9.17, 15) is 0 Å². The van der Waals surface area contributed by atoms with Gasteiger partial charge in [0, 0.05) is 20.3 Å². The summed E-state index contributed by atoms with van der Waals surface area (Å²) in [5, 5.41) is 12.5. The maximum absolute atomic E-state index is 9.14. The average Bonchev–Trinajstić information content (AvgIpc) is 2.39. The number of methoxy groups -OCH3 is 1. The van der Waals surface area contributed by atoms with E-state index in [1.54, 1.807) is 19.2 Å². The van der Waals surface area contributed by atoms with Gasteiger partial charge in [0.05, 0.1) is 13.2 Å². The summed E-state index contributed by atoms with van der Waals surface area (Å²) in [6, 6.07) is 7.27. The summed E-state index contributed by atoms with van der Waals surface area (Å²) in [5.41, 5.74) is 1.18. The summed E-state index contributed by atoms with van der Waals surface area (Å²) >= 11 is 0. The van der Waals surface area contributed by atoms with Gasteiger partial charge in [-0.3, -0.25) is 0 Å². The molecule has 0 aliphatic heterocycles. The molecule has 0 atom stereocenters. The molecule has 0 saturated heterocycles. The maximum Gasteiger partial charge on any atom is 0.115 e. The van der Waals surface area contributed by atoms with E-state index in [0.29, 0.717) is 19.0 Å². The van der Waals surface area contributed by atoms with Gasteiger partial charge in [-0.25, -0.2) is 0 Å². The molecule has 1 aromatic rings. The van der Waals surface area contributed by atoms with Crippen molar-refractivity contribution in [2.75, 3.05) is 33.5 Å². The number of phenols is 1. The van der Waals surface area contributed by atoms with Crippen molar-refractivity contribution in [2.24, 2.45) is 0 Å². The lowest BCUT2D eigenvalue weighted by molar-refractivity contribution is 0.0688. The molecule has 0 radical (unpaired) electrons. The Bertz CT molecular complexity index is 300. The SMILES string of the molecule is COCCOCCCCNCc1ccc(O)cc1. The molecule has 18 heavy (non-hydrogen) atoms. The van der Waals surface area contributed by atoms with Crippen LogP contribution in [0.5, 0.6) is 5.75 Å². The van der Waals surface area contributed by atoms with Crippen LogP contribution in [0.2, 0.25) is 0 Å². The summed E-state index contributed by atoms with van der Waals surface area (Å²) in [7, 11) is 1.68. The lowest BCUT2D eigenvalue weighted by atomic mass is 10.2. The molecule has 1 aromatic carbocycles. The van der Waals surface area contributed by atoms with Gasteiger partial charge in [-0.2, -0.15) is 0 Å². The quantitative estimate of drug-likeness (QED) is 0.626. The van der Waals surface area contributed by atoms with Crippen LogP contribution in [-0.2, 0) is 16.0 Å². The molecule has 0 spiro atoms. The second kappa shape index (κ2) is 9.88. The van der Waals surface area contributed by atoms with E-state index >= 15 is 0 Å². The standard InChI is InChI=1S/C14H23NO3/c1-17-10-11-18-9-3-2-8-15-12-13-4-6-14(16)7-5-13/h4-7,15-16H,2-3,8-12H2,1H3. The molecule has 4 heteroatoms. The van der Waals surface area contributed by atoms with Crippen molar-refractivity contribution in [1.29, 1.82) is 0 Å². The highest BCUT2D eigenvalue weighted by molar-refractivity contribution is 5.25. The summed E-state index contributed by atoms with van der Waals surface area (Å²) in [5.74, 6) is 0.312. The molecular weight excluding hydrogens is 230 g/mol. The normalized spacial score (nSPS) is 10.7. The molecule has 4 nitrogen and oxygen atoms in total. The Hall–Kier alpha value is -1.10. The van der Waals surface area contributed by atoms with Crippen molar-refractivity contribution in [2.45, 2.75) is 19.4 Å². The van der Waals surface area contributed by atoms with Gasteiger partial charge in [0.25, 0.3) is 0 Å². The summed E-state index contributed by atoms with van der Waals surface area (Å²) in [4.78, 5) is 0. The van der Waals surface area contributed by atoms with Crippen molar-refractivity contribution in [1.82, 2.24) is 5.32 Å². The number of rotatable bonds is 10. The maximum atomic E-state index is 9.14. The molecule has 102 valence electrons. The van der Waals surface area contributed by atoms with E-state index in [2.05, 4.69) is 5.32 Å². The van der Waals surface area contributed by atoms with Gasteiger partial charge in [-0.05, 0) is 37.1 Å². The first-order valence-electron chi connectivity index (χ1n) is 6.38. The van der Waals surface area contributed by atoms with Crippen LogP contribution in [0.3, 0.4) is 0 Å². The van der Waals surface area contributed by atoms with Gasteiger partial charge in [0.15, 0.2) is 0 Å². The zero-order valence-electron chi connectivity index (χ0n) is 11.0. The van der Waals surface area contributed by atoms with Crippen molar-refractivity contribution >= 4 is 0 Å². The van der Waals surface area contributed by atoms with Gasteiger partial charge in [0.1, 0.15) is 5.75 Å². The number of aromatic hydroxyl groups is 1. The first-order chi connectivity index (χ1) is 8.83. The van der Waals surface area contributed by atoms with E-state index in [-0.39, 0.29) is 0 Å². The minimum absolute atomic E-state index is 0.312. The molecule has 0 bridgehead atoms. The van der Waals surface area contributed by atoms with Crippen LogP contribution in [0.1, 0.15) is 18.4 Å². The zero-order valence-corrected chi connectivity index (χ0v) is 11.0. The second-order valence-electron chi connectivity index (χ2n) is 4.16. The molecular formula is C14H23NO3. The fourth-order valence-corrected chi connectivity index (χ4v) is 1.54. The fourth-order valence-electron chi connectivity index (χ4n) is 1.54. The zero-order chi connectivity index (χ0) is 13.1. The number of ether oxygens (including phenoxy) is 2. The Kier molecular flexibility index (Phi) is 8.21. The second-order valence-corrected chi connectivity index (χ2v) is 4.16. The molecule has 0 heterocycles. The lowest BCUT2D eigenvalue weighted by Crippen LogP contribution is -2.15. The van der Waals surface area contributed by atoms with E-state index in [1.807, 2.05) is 12.1 Å². The van der Waals surface area contributed by atoms with E-state index in [4.69, 9.17) is 14.6 Å². The Balaban J connectivity index is 1.91. The lowest BCUT2D eigenvalue weighted by Gasteiger charge is -2.06. The third-order valence-electron chi connectivity index (χ3n) is 2.59. The van der Waals surface area contributed by atoms with Gasteiger partial charge in [-0.15, -0.1) is 0 Å². The highest BCUT2D eigenvalue weighted by atomic mass is 16.5. The monoisotopic (exact) mass is 253 g/mol. The van der Waals surface area contributed by atoms with Crippen LogP contribution in [0, 0.1) is 0 Å². The predicted molar refractivity (Wildman–Crippen MR) is 71.7 cm³/mol. The summed E-state index contributed by atoms with van der Waals surface area (Å²) in [6.45, 7) is 3.96. The third kappa shape index (κ3) is 7.27. The molecule has 0 amide bonds. The fraction of sp³-hybridized carbons (Fsp3) is 0.571. The van der Waals surface area contributed by atoms with Crippen LogP contribution in [0.4, 0.5) is 0 Å². The minimum atomic E-state index is 0.312. The molecule has 0 saturated carbocycles. The first-order valence-corrected chi connectivity index (χ1v) is 6.38. The highest BCUT2D eigenvalue weighted by Gasteiger charge is 1.94. The van der Waals surface area contributed by atoms with Crippen LogP contribution in [-0.4, -0.2) is 38.6 Å². The van der Waals surface area contributed by atoms with Crippen molar-refractivity contribution in [3.63, 3.8) is 0 Å². The van der Waals surface area contributed by atoms with Crippen molar-refractivity contribution < 1.29 is 14.6 Å². The molecule has 0 fully saturated rings. The smallest absolute Gasteiger partial charge is 0.115 e. The molecule has 0 unspecified atom stereocenters. The molecule has 2 N–H and O–H groups in total. The predicted octanol–water partition coefficient (Wildman–Crippen LogP) is 1.92. The summed E-state index contributed by atoms with van der Waals surface area (Å²) < 4.78 is 10.3. The van der Waals surface area contributed by atoms with Gasteiger partial charge >= 0.3 is 0 Å². The average molecular weight is 253 g/mol. The van der Waals surface area contributed by atoms with E-state index < -0.39 is 0 Å². The van der Waals surface area contributed by atoms with Crippen molar-refractivity contribution in [3.8, 4) is 5.75 Å². The van der Waals surface area contributed by atoms with Gasteiger partial charge in [0.2, 0.25) is 0 Å². The summed E-state index contributed by atoms with van der Waals surface area (Å²) in [6.07, 6.45) is 2.16. The van der Waals surface area contributed by atoms with E-state index in [0.717, 1.165) is 32.5 Å². The number of hydrogen-bond acceptors (Lipinski definition) is 4. The Labute approximate surface area is 109 Å². The Morgan fingerprint density at radius 3 is 2.56 bits per heavy atom. The number of nitrogens with one attached hydrogen (secondary N) is 1. The Morgan fingerprint density at radius 2 is 1.83 bits per heavy atom. The van der Waals surface area contributed by atoms with Crippen LogP contribution < -0.4 is 5.32 Å². The number of phenolic OH excluding ortho intramolecular Hbond substituents is 1. The molecule has 1 rings (SSSR count). The van der Waals surface area contributed by atoms with Crippen molar-refractivity contribution in [3.05, 3.63) is 29.8 Å². The topological polar surface area (TPSA) is 50.7 Å². The van der Waals surface area contributed by atoms with Crippen LogP contribution >= 0.6 is 0 Å². The molecule has 0 aliphatic rings. The Morgan fingerprint density at radius 1 is 1.06 bits per heavy atom. The first kappa shape index (κ1) is 15.0. The van der Waals surface area contributed by atoms with Crippen LogP contribution in [0.15, 0.2) is 24.3 Å². The third-order valence-corrected chi connectivity index (χ3v) is 2.59. The van der Waals surface area contributed by atoms with Crippen LogP contribution in [0.25, 0.3) is 0 Å². The van der Waals surface area contributed by atoms with Gasteiger partial charge in [-0.1, -0.05) is 12.1 Å². The minimum Gasteiger partial charge on any atom is -0.508 e.